The van der Waals surface area contributed by atoms with E-state index in [2.05, 4.69) is 38.5 Å². The summed E-state index contributed by atoms with van der Waals surface area (Å²) in [7, 11) is 0. The molecule has 0 aromatic carbocycles. The van der Waals surface area contributed by atoms with Gasteiger partial charge in [0.25, 0.3) is 0 Å². The molecule has 0 aliphatic rings. The molecule has 14 heteroatoms. The number of aliphatic hydroxyl groups excluding tert-OH is 1. The van der Waals surface area contributed by atoms with Gasteiger partial charge in [-0.3, -0.25) is 14.4 Å². The molecule has 180 valence electrons. The van der Waals surface area contributed by atoms with E-state index in [0.29, 0.717) is 25.1 Å². The van der Waals surface area contributed by atoms with Crippen molar-refractivity contribution in [3.63, 3.8) is 0 Å². The number of H-pyrrole nitrogens is 1. The molecule has 4 unspecified atom stereocenters. The van der Waals surface area contributed by atoms with Crippen molar-refractivity contribution in [2.24, 2.45) is 11.5 Å². The van der Waals surface area contributed by atoms with Crippen LogP contribution in [0, 0.1) is 0 Å². The average Bonchev–Trinajstić information content (AvgIpc) is 3.27. The first-order chi connectivity index (χ1) is 15.2. The van der Waals surface area contributed by atoms with Gasteiger partial charge in [-0.05, 0) is 25.8 Å². The van der Waals surface area contributed by atoms with Crippen LogP contribution in [0.5, 0.6) is 0 Å². The van der Waals surface area contributed by atoms with Gasteiger partial charge in [-0.15, -0.1) is 0 Å². The van der Waals surface area contributed by atoms with Gasteiger partial charge in [0.1, 0.15) is 18.1 Å². The van der Waals surface area contributed by atoms with Gasteiger partial charge in [0.15, 0.2) is 0 Å². The highest BCUT2D eigenvalue weighted by Gasteiger charge is 2.29. The lowest BCUT2D eigenvalue weighted by Crippen LogP contribution is -2.58. The predicted molar refractivity (Wildman–Crippen MR) is 118 cm³/mol. The van der Waals surface area contributed by atoms with E-state index >= 15 is 0 Å². The number of imidazole rings is 1. The molecule has 0 spiro atoms. The molecule has 0 saturated heterocycles. The summed E-state index contributed by atoms with van der Waals surface area (Å²) in [5, 5.41) is 25.2. The number of carbonyl (C=O) groups excluding carboxylic acids is 3. The maximum absolute atomic E-state index is 12.8. The van der Waals surface area contributed by atoms with Crippen molar-refractivity contribution < 1.29 is 29.4 Å². The lowest BCUT2D eigenvalue weighted by molar-refractivity contribution is -0.143. The fraction of sp³-hybridized carbons (Fsp3) is 0.611. The summed E-state index contributed by atoms with van der Waals surface area (Å²) < 4.78 is 0. The molecule has 0 radical (unpaired) electrons. The van der Waals surface area contributed by atoms with Crippen LogP contribution in [-0.4, -0.2) is 86.9 Å². The third kappa shape index (κ3) is 9.21. The van der Waals surface area contributed by atoms with Gasteiger partial charge >= 0.3 is 5.97 Å². The van der Waals surface area contributed by atoms with Crippen molar-refractivity contribution in [3.05, 3.63) is 18.2 Å². The fourth-order valence-electron chi connectivity index (χ4n) is 2.69. The van der Waals surface area contributed by atoms with E-state index < -0.39 is 54.5 Å². The number of aliphatic carboxylic acids is 1. The Morgan fingerprint density at radius 1 is 1.06 bits per heavy atom. The van der Waals surface area contributed by atoms with Crippen LogP contribution in [0.3, 0.4) is 0 Å². The van der Waals surface area contributed by atoms with Crippen LogP contribution in [-0.2, 0) is 25.6 Å². The van der Waals surface area contributed by atoms with Crippen LogP contribution in [0.2, 0.25) is 0 Å². The molecule has 10 N–H and O–H groups in total. The van der Waals surface area contributed by atoms with Gasteiger partial charge < -0.3 is 42.6 Å². The highest BCUT2D eigenvalue weighted by Crippen LogP contribution is 2.04. The lowest BCUT2D eigenvalue weighted by atomic mass is 10.1. The minimum atomic E-state index is -1.53. The van der Waals surface area contributed by atoms with E-state index in [1.165, 1.54) is 12.5 Å². The number of carboxylic acids is 1. The fourth-order valence-corrected chi connectivity index (χ4v) is 2.95. The highest BCUT2D eigenvalue weighted by molar-refractivity contribution is 7.80. The minimum Gasteiger partial charge on any atom is -0.480 e. The second-order valence-corrected chi connectivity index (χ2v) is 7.42. The van der Waals surface area contributed by atoms with E-state index in [1.54, 1.807) is 0 Å². The molecule has 4 atom stereocenters. The molecule has 3 amide bonds. The number of carboxylic acid groups (broad SMARTS) is 1. The Hall–Kier alpha value is -2.68. The van der Waals surface area contributed by atoms with Gasteiger partial charge in [0.2, 0.25) is 17.7 Å². The van der Waals surface area contributed by atoms with Crippen molar-refractivity contribution in [1.82, 2.24) is 25.9 Å². The monoisotopic (exact) mass is 473 g/mol. The van der Waals surface area contributed by atoms with E-state index in [1.807, 2.05) is 0 Å². The first-order valence-corrected chi connectivity index (χ1v) is 10.6. The molecule has 1 heterocycles. The van der Waals surface area contributed by atoms with E-state index in [4.69, 9.17) is 21.7 Å². The summed E-state index contributed by atoms with van der Waals surface area (Å²) in [4.78, 5) is 55.3. The number of amides is 3. The largest absolute Gasteiger partial charge is 0.480 e. The number of hydrogen-bond acceptors (Lipinski definition) is 9. The average molecular weight is 474 g/mol. The number of aliphatic hydroxyl groups is 1. The summed E-state index contributed by atoms with van der Waals surface area (Å²) in [6.07, 6.45) is 4.58. The number of hydrogen-bond donors (Lipinski definition) is 9. The van der Waals surface area contributed by atoms with Gasteiger partial charge in [-0.2, -0.15) is 12.6 Å². The zero-order valence-electron chi connectivity index (χ0n) is 17.5. The third-order valence-corrected chi connectivity index (χ3v) is 4.89. The maximum Gasteiger partial charge on any atom is 0.328 e. The normalized spacial score (nSPS) is 14.6. The van der Waals surface area contributed by atoms with Crippen molar-refractivity contribution in [3.8, 4) is 0 Å². The van der Waals surface area contributed by atoms with Gasteiger partial charge in [0.05, 0.1) is 19.0 Å². The zero-order chi connectivity index (χ0) is 24.1. The molecule has 1 aromatic rings. The summed E-state index contributed by atoms with van der Waals surface area (Å²) in [5.41, 5.74) is 12.1. The van der Waals surface area contributed by atoms with E-state index in [-0.39, 0.29) is 18.6 Å². The lowest BCUT2D eigenvalue weighted by Gasteiger charge is -2.24. The molecular weight excluding hydrogens is 442 g/mol. The van der Waals surface area contributed by atoms with Crippen molar-refractivity contribution in [1.29, 1.82) is 0 Å². The summed E-state index contributed by atoms with van der Waals surface area (Å²) >= 11 is 4.02. The van der Waals surface area contributed by atoms with Crippen LogP contribution in [0.15, 0.2) is 12.5 Å². The van der Waals surface area contributed by atoms with Crippen LogP contribution in [0.25, 0.3) is 0 Å². The second kappa shape index (κ2) is 14.4. The quantitative estimate of drug-likeness (QED) is 0.0925. The SMILES string of the molecule is NCCCCC(NC(=O)C(N)Cc1cnc[nH]1)C(=O)NC(CS)C(=O)NC(CO)C(=O)O. The first kappa shape index (κ1) is 27.4. The topological polar surface area (TPSA) is 226 Å². The number of unbranched alkanes of at least 4 members (excludes halogenated alkanes) is 1. The zero-order valence-corrected chi connectivity index (χ0v) is 18.4. The minimum absolute atomic E-state index is 0.141. The molecule has 0 bridgehead atoms. The molecule has 1 aromatic heterocycles. The molecule has 0 fully saturated rings. The smallest absolute Gasteiger partial charge is 0.328 e. The van der Waals surface area contributed by atoms with E-state index in [9.17, 15) is 19.2 Å². The Balaban J connectivity index is 2.79. The molecule has 32 heavy (non-hydrogen) atoms. The number of nitrogens with zero attached hydrogens (tertiary/aromatic N) is 1. The van der Waals surface area contributed by atoms with Crippen molar-refractivity contribution >= 4 is 36.3 Å². The summed E-state index contributed by atoms with van der Waals surface area (Å²) in [6, 6.07) is -4.65. The second-order valence-electron chi connectivity index (χ2n) is 7.06. The third-order valence-electron chi connectivity index (χ3n) is 4.52. The van der Waals surface area contributed by atoms with Gasteiger partial charge in [-0.1, -0.05) is 0 Å². The maximum atomic E-state index is 12.8. The Labute approximate surface area is 190 Å². The number of nitrogens with one attached hydrogen (secondary N) is 4. The Kier molecular flexibility index (Phi) is 12.3. The van der Waals surface area contributed by atoms with E-state index in [0.717, 1.165) is 0 Å². The van der Waals surface area contributed by atoms with Crippen molar-refractivity contribution in [2.45, 2.75) is 49.9 Å². The molecule has 0 saturated carbocycles. The van der Waals surface area contributed by atoms with Crippen molar-refractivity contribution in [2.75, 3.05) is 18.9 Å². The van der Waals surface area contributed by atoms with Gasteiger partial charge in [0, 0.05) is 24.1 Å². The molecule has 1 rings (SSSR count). The number of carbonyl (C=O) groups is 4. The predicted octanol–water partition coefficient (Wildman–Crippen LogP) is -3.13. The first-order valence-electron chi connectivity index (χ1n) is 10.0. The number of nitrogens with two attached hydrogens (primary N) is 2. The molecule has 0 aliphatic carbocycles. The summed E-state index contributed by atoms with van der Waals surface area (Å²) in [6.45, 7) is -0.415. The number of thiol groups is 1. The van der Waals surface area contributed by atoms with Gasteiger partial charge in [-0.25, -0.2) is 9.78 Å². The number of aromatic amines is 1. The van der Waals surface area contributed by atoms with Crippen LogP contribution >= 0.6 is 12.6 Å². The Bertz CT molecular complexity index is 748. The highest BCUT2D eigenvalue weighted by atomic mass is 32.1. The number of aromatic nitrogens is 2. The number of rotatable bonds is 15. The van der Waals surface area contributed by atoms with Crippen LogP contribution in [0.1, 0.15) is 25.0 Å². The molecule has 0 aliphatic heterocycles. The molecular formula is C18H31N7O6S. The van der Waals surface area contributed by atoms with Crippen LogP contribution < -0.4 is 27.4 Å². The Morgan fingerprint density at radius 2 is 1.69 bits per heavy atom. The summed E-state index contributed by atoms with van der Waals surface area (Å²) in [5.74, 6) is -3.63. The molecule has 13 nitrogen and oxygen atoms in total. The standard InChI is InChI=1S/C18H31N7O6S/c19-4-2-1-3-12(23-15(27)11(20)5-10-6-21-9-22-10)16(28)25-14(8-32)17(29)24-13(7-26)18(30)31/h6,9,11-14,26,32H,1-5,7-8,19-20H2,(H,21,22)(H,23,27)(H,24,29)(H,25,28)(H,30,31). The van der Waals surface area contributed by atoms with Crippen LogP contribution in [0.4, 0.5) is 0 Å². The Morgan fingerprint density at radius 3 is 2.22 bits per heavy atom.